The molecule has 3 aliphatic heterocycles. The highest BCUT2D eigenvalue weighted by Gasteiger charge is 2.44. The maximum absolute atomic E-state index is 13.1. The topological polar surface area (TPSA) is 142 Å². The van der Waals surface area contributed by atoms with Gasteiger partial charge in [0.1, 0.15) is 6.04 Å². The van der Waals surface area contributed by atoms with Gasteiger partial charge in [-0.05, 0) is 113 Å². The summed E-state index contributed by atoms with van der Waals surface area (Å²) < 4.78 is 2.07. The molecule has 4 amide bonds. The van der Waals surface area contributed by atoms with Crippen molar-refractivity contribution >= 4 is 40.3 Å². The van der Waals surface area contributed by atoms with Crippen LogP contribution in [0.2, 0.25) is 0 Å². The molecule has 12 heteroatoms. The van der Waals surface area contributed by atoms with Gasteiger partial charge in [0.25, 0.3) is 11.8 Å². The number of amides is 4. The molecule has 2 N–H and O–H groups in total. The van der Waals surface area contributed by atoms with E-state index in [-0.39, 0.29) is 29.9 Å². The molecule has 1 aliphatic carbocycles. The second-order valence-electron chi connectivity index (χ2n) is 14.1. The number of carbonyl (C=O) groups is 4. The maximum Gasteiger partial charge on any atom is 0.262 e. The zero-order valence-corrected chi connectivity index (χ0v) is 27.6. The third kappa shape index (κ3) is 6.09. The van der Waals surface area contributed by atoms with E-state index in [9.17, 15) is 19.2 Å². The molecule has 5 heterocycles. The van der Waals surface area contributed by atoms with Gasteiger partial charge >= 0.3 is 0 Å². The number of nitrogens with one attached hydrogen (secondary N) is 2. The molecule has 0 radical (unpaired) electrons. The number of likely N-dealkylation sites (tertiary alicyclic amines) is 1. The molecule has 2 aromatic heterocycles. The predicted molar refractivity (Wildman–Crippen MR) is 183 cm³/mol. The van der Waals surface area contributed by atoms with Gasteiger partial charge in [-0.1, -0.05) is 6.07 Å². The number of hydrogen-bond donors (Lipinski definition) is 2. The van der Waals surface area contributed by atoms with Gasteiger partial charge in [0.05, 0.1) is 46.3 Å². The Labute approximate surface area is 284 Å². The van der Waals surface area contributed by atoms with Crippen LogP contribution in [0, 0.1) is 5.92 Å². The van der Waals surface area contributed by atoms with Crippen LogP contribution in [0.4, 0.5) is 5.69 Å². The highest BCUT2D eigenvalue weighted by Crippen LogP contribution is 2.41. The van der Waals surface area contributed by atoms with Gasteiger partial charge in [0.15, 0.2) is 0 Å². The van der Waals surface area contributed by atoms with Gasteiger partial charge < -0.3 is 10.2 Å². The normalized spacial score (nSPS) is 23.1. The second-order valence-corrected chi connectivity index (χ2v) is 14.1. The fourth-order valence-corrected chi connectivity index (χ4v) is 7.79. The molecule has 4 aliphatic rings. The molecule has 0 spiro atoms. The molecule has 12 nitrogen and oxygen atoms in total. The van der Waals surface area contributed by atoms with Crippen LogP contribution in [0.5, 0.6) is 0 Å². The van der Waals surface area contributed by atoms with Gasteiger partial charge in [0, 0.05) is 30.4 Å². The van der Waals surface area contributed by atoms with Crippen molar-refractivity contribution in [1.29, 1.82) is 0 Å². The Bertz CT molecular complexity index is 1960. The van der Waals surface area contributed by atoms with Gasteiger partial charge in [-0.3, -0.25) is 39.1 Å². The number of fused-ring (bicyclic) bond motifs is 2. The predicted octanol–water partition coefficient (Wildman–Crippen LogP) is 4.55. The lowest BCUT2D eigenvalue weighted by atomic mass is 9.77. The SMILES string of the molecule is CN1CCC(c2ccc3nc(-c4cnn([C@H]5C[C@@H](CCCNc6ccc7c(c6)C(=O)N(C6CCC(=O)NC6=O)C7=O)C5)c4)cnc3c2)CC1. The van der Waals surface area contributed by atoms with E-state index in [4.69, 9.17) is 9.97 Å². The molecule has 2 aromatic carbocycles. The fraction of sp³-hybridized carbons (Fsp3) is 0.432. The van der Waals surface area contributed by atoms with Crippen LogP contribution in [0.25, 0.3) is 22.3 Å². The molecular formula is C37H40N8O4. The summed E-state index contributed by atoms with van der Waals surface area (Å²) >= 11 is 0. The van der Waals surface area contributed by atoms with Crippen LogP contribution in [-0.4, -0.2) is 85.9 Å². The summed E-state index contributed by atoms with van der Waals surface area (Å²) in [5, 5.41) is 10.3. The van der Waals surface area contributed by atoms with E-state index in [1.54, 1.807) is 18.2 Å². The molecule has 1 atom stereocenters. The maximum atomic E-state index is 13.1. The number of carbonyl (C=O) groups excluding carboxylic acids is 4. The van der Waals surface area contributed by atoms with E-state index >= 15 is 0 Å². The molecule has 8 rings (SSSR count). The molecule has 252 valence electrons. The summed E-state index contributed by atoms with van der Waals surface area (Å²) in [5.41, 5.74) is 6.37. The zero-order valence-electron chi connectivity index (χ0n) is 27.6. The molecule has 0 bridgehead atoms. The Morgan fingerprint density at radius 2 is 1.73 bits per heavy atom. The summed E-state index contributed by atoms with van der Waals surface area (Å²) in [5.74, 6) is -0.766. The Kier molecular flexibility index (Phi) is 8.18. The van der Waals surface area contributed by atoms with Crippen molar-refractivity contribution in [3.63, 3.8) is 0 Å². The molecule has 4 aromatic rings. The Hall–Kier alpha value is -4.97. The van der Waals surface area contributed by atoms with E-state index < -0.39 is 23.8 Å². The summed E-state index contributed by atoms with van der Waals surface area (Å²) in [6, 6.07) is 11.1. The third-order valence-electron chi connectivity index (χ3n) is 10.8. The summed E-state index contributed by atoms with van der Waals surface area (Å²) in [4.78, 5) is 62.9. The lowest BCUT2D eigenvalue weighted by molar-refractivity contribution is -0.136. The van der Waals surface area contributed by atoms with Gasteiger partial charge in [-0.25, -0.2) is 4.98 Å². The number of benzene rings is 2. The molecule has 3 fully saturated rings. The number of piperidine rings is 2. The average molecular weight is 661 g/mol. The van der Waals surface area contributed by atoms with Gasteiger partial charge in [-0.2, -0.15) is 5.10 Å². The minimum Gasteiger partial charge on any atom is -0.385 e. The van der Waals surface area contributed by atoms with Crippen LogP contribution in [-0.2, 0) is 9.59 Å². The van der Waals surface area contributed by atoms with E-state index in [0.717, 1.165) is 78.2 Å². The number of anilines is 1. The standard InChI is InChI=1S/C37H40N8O4/c1-43-13-10-23(11-14-43)24-4-7-30-31(17-24)39-20-32(41-30)25-19-40-44(21-25)27-15-22(16-27)3-2-12-38-26-5-6-28-29(18-26)37(49)45(36(28)48)33-8-9-34(46)42-35(33)47/h4-7,17-23,27,33,38H,2-3,8-16H2,1H3,(H,42,46,47)/t22-,27+,33?. The lowest BCUT2D eigenvalue weighted by Gasteiger charge is -2.35. The summed E-state index contributed by atoms with van der Waals surface area (Å²) in [6.07, 6.45) is 12.7. The highest BCUT2D eigenvalue weighted by molar-refractivity contribution is 6.23. The van der Waals surface area contributed by atoms with E-state index in [1.165, 1.54) is 18.4 Å². The minimum atomic E-state index is -0.962. The van der Waals surface area contributed by atoms with Gasteiger partial charge in [-0.15, -0.1) is 0 Å². The first kappa shape index (κ1) is 31.3. The quantitative estimate of drug-likeness (QED) is 0.195. The van der Waals surface area contributed by atoms with Crippen LogP contribution in [0.15, 0.2) is 55.0 Å². The molecule has 2 saturated heterocycles. The molecule has 49 heavy (non-hydrogen) atoms. The number of imide groups is 2. The van der Waals surface area contributed by atoms with Crippen molar-refractivity contribution in [2.24, 2.45) is 5.92 Å². The van der Waals surface area contributed by atoms with E-state index in [0.29, 0.717) is 17.9 Å². The Morgan fingerprint density at radius 3 is 2.55 bits per heavy atom. The van der Waals surface area contributed by atoms with Crippen molar-refractivity contribution in [1.82, 2.24) is 34.9 Å². The Balaban J connectivity index is 0.807. The third-order valence-corrected chi connectivity index (χ3v) is 10.8. The van der Waals surface area contributed by atoms with Gasteiger partial charge in [0.2, 0.25) is 11.8 Å². The minimum absolute atomic E-state index is 0.0987. The van der Waals surface area contributed by atoms with Crippen LogP contribution in [0.1, 0.15) is 89.6 Å². The number of rotatable bonds is 9. The summed E-state index contributed by atoms with van der Waals surface area (Å²) in [7, 11) is 2.19. The fourth-order valence-electron chi connectivity index (χ4n) is 7.79. The van der Waals surface area contributed by atoms with E-state index in [2.05, 4.69) is 56.8 Å². The lowest BCUT2D eigenvalue weighted by Crippen LogP contribution is -2.54. The van der Waals surface area contributed by atoms with Crippen molar-refractivity contribution in [3.8, 4) is 11.3 Å². The van der Waals surface area contributed by atoms with Crippen molar-refractivity contribution in [3.05, 3.63) is 71.7 Å². The number of hydrogen-bond acceptors (Lipinski definition) is 9. The summed E-state index contributed by atoms with van der Waals surface area (Å²) in [6.45, 7) is 3.02. The number of nitrogens with zero attached hydrogens (tertiary/aromatic N) is 6. The first-order valence-electron chi connectivity index (χ1n) is 17.4. The second kappa shape index (κ2) is 12.8. The van der Waals surface area contributed by atoms with Crippen LogP contribution >= 0.6 is 0 Å². The van der Waals surface area contributed by atoms with Crippen LogP contribution < -0.4 is 10.6 Å². The first-order valence-corrected chi connectivity index (χ1v) is 17.4. The Morgan fingerprint density at radius 1 is 0.918 bits per heavy atom. The average Bonchev–Trinajstić information content (AvgIpc) is 3.66. The first-order chi connectivity index (χ1) is 23.8. The smallest absolute Gasteiger partial charge is 0.262 e. The van der Waals surface area contributed by atoms with Crippen molar-refractivity contribution in [2.45, 2.75) is 69.4 Å². The molecule has 1 unspecified atom stereocenters. The monoisotopic (exact) mass is 660 g/mol. The molecule has 1 saturated carbocycles. The zero-order chi connectivity index (χ0) is 33.6. The van der Waals surface area contributed by atoms with Crippen LogP contribution in [0.3, 0.4) is 0 Å². The molecular weight excluding hydrogens is 620 g/mol. The number of aromatic nitrogens is 4. The van der Waals surface area contributed by atoms with Crippen molar-refractivity contribution in [2.75, 3.05) is 32.0 Å². The largest absolute Gasteiger partial charge is 0.385 e. The van der Waals surface area contributed by atoms with Crippen molar-refractivity contribution < 1.29 is 19.2 Å². The highest BCUT2D eigenvalue weighted by atomic mass is 16.2. The van der Waals surface area contributed by atoms with E-state index in [1.807, 2.05) is 12.4 Å².